The standard InChI is InChI=1S/C6H11NO3.ClH/c8-4-1-2-5(6(9)10)7-3-4;/h4-5,7-8H,1-3H2,(H,9,10);1H/t4-,5+;/m1./s1. The van der Waals surface area contributed by atoms with E-state index >= 15 is 0 Å². The topological polar surface area (TPSA) is 69.6 Å². The molecular weight excluding hydrogens is 170 g/mol. The van der Waals surface area contributed by atoms with Crippen LogP contribution in [0, 0.1) is 0 Å². The van der Waals surface area contributed by atoms with Gasteiger partial charge in [0.25, 0.3) is 0 Å². The Balaban J connectivity index is 0.000001000. The number of aliphatic carboxylic acids is 1. The van der Waals surface area contributed by atoms with E-state index < -0.39 is 12.0 Å². The van der Waals surface area contributed by atoms with Crippen molar-refractivity contribution < 1.29 is 15.0 Å². The van der Waals surface area contributed by atoms with Crippen LogP contribution < -0.4 is 5.32 Å². The van der Waals surface area contributed by atoms with E-state index in [1.165, 1.54) is 0 Å². The molecule has 1 saturated heterocycles. The number of aliphatic hydroxyl groups is 1. The van der Waals surface area contributed by atoms with E-state index in [-0.39, 0.29) is 18.5 Å². The minimum atomic E-state index is -0.827. The maximum Gasteiger partial charge on any atom is 0.320 e. The van der Waals surface area contributed by atoms with Gasteiger partial charge in [-0.3, -0.25) is 4.79 Å². The van der Waals surface area contributed by atoms with Crippen LogP contribution in [0.5, 0.6) is 0 Å². The first-order valence-electron chi connectivity index (χ1n) is 3.34. The van der Waals surface area contributed by atoms with Crippen molar-refractivity contribution in [3.05, 3.63) is 0 Å². The molecule has 0 amide bonds. The van der Waals surface area contributed by atoms with Crippen LogP contribution in [0.4, 0.5) is 0 Å². The van der Waals surface area contributed by atoms with E-state index in [0.29, 0.717) is 19.4 Å². The number of carboxylic acid groups (broad SMARTS) is 1. The Morgan fingerprint density at radius 3 is 2.45 bits per heavy atom. The van der Waals surface area contributed by atoms with Crippen molar-refractivity contribution in [1.29, 1.82) is 0 Å². The zero-order chi connectivity index (χ0) is 7.56. The molecule has 5 heteroatoms. The van der Waals surface area contributed by atoms with Gasteiger partial charge in [-0.05, 0) is 12.8 Å². The Bertz CT molecular complexity index is 134. The van der Waals surface area contributed by atoms with Crippen LogP contribution in [0.25, 0.3) is 0 Å². The molecule has 1 fully saturated rings. The number of carbonyl (C=O) groups is 1. The molecule has 66 valence electrons. The number of aliphatic hydroxyl groups excluding tert-OH is 1. The normalized spacial score (nSPS) is 30.6. The summed E-state index contributed by atoms with van der Waals surface area (Å²) in [5.41, 5.74) is 0. The molecule has 0 aliphatic carbocycles. The van der Waals surface area contributed by atoms with Crippen LogP contribution in [-0.4, -0.2) is 34.9 Å². The fourth-order valence-electron chi connectivity index (χ4n) is 1.05. The van der Waals surface area contributed by atoms with Gasteiger partial charge in [0.15, 0.2) is 0 Å². The second kappa shape index (κ2) is 4.54. The zero-order valence-corrected chi connectivity index (χ0v) is 6.80. The molecule has 0 aromatic rings. The van der Waals surface area contributed by atoms with Crippen molar-refractivity contribution in [3.63, 3.8) is 0 Å². The molecule has 4 nitrogen and oxygen atoms in total. The van der Waals surface area contributed by atoms with Gasteiger partial charge in [-0.15, -0.1) is 12.4 Å². The summed E-state index contributed by atoms with van der Waals surface area (Å²) in [6.45, 7) is 0.400. The predicted octanol–water partition coefficient (Wildman–Crippen LogP) is -0.394. The maximum atomic E-state index is 10.3. The Hall–Kier alpha value is -0.320. The molecule has 1 rings (SSSR count). The fraction of sp³-hybridized carbons (Fsp3) is 0.833. The number of hydrogen-bond donors (Lipinski definition) is 3. The van der Waals surface area contributed by atoms with Crippen LogP contribution in [0.2, 0.25) is 0 Å². The van der Waals surface area contributed by atoms with Gasteiger partial charge in [0.05, 0.1) is 6.10 Å². The molecule has 0 unspecified atom stereocenters. The van der Waals surface area contributed by atoms with Gasteiger partial charge >= 0.3 is 5.97 Å². The second-order valence-corrected chi connectivity index (χ2v) is 2.53. The van der Waals surface area contributed by atoms with E-state index in [4.69, 9.17) is 10.2 Å². The van der Waals surface area contributed by atoms with Crippen LogP contribution in [0.15, 0.2) is 0 Å². The van der Waals surface area contributed by atoms with Crippen LogP contribution >= 0.6 is 12.4 Å². The van der Waals surface area contributed by atoms with E-state index in [1.807, 2.05) is 0 Å². The van der Waals surface area contributed by atoms with E-state index in [1.54, 1.807) is 0 Å². The molecule has 3 N–H and O–H groups in total. The maximum absolute atomic E-state index is 10.3. The Morgan fingerprint density at radius 1 is 1.45 bits per heavy atom. The van der Waals surface area contributed by atoms with Crippen LogP contribution in [0.3, 0.4) is 0 Å². The number of hydrogen-bond acceptors (Lipinski definition) is 3. The van der Waals surface area contributed by atoms with Crippen molar-refractivity contribution in [2.45, 2.75) is 25.0 Å². The summed E-state index contributed by atoms with van der Waals surface area (Å²) >= 11 is 0. The summed E-state index contributed by atoms with van der Waals surface area (Å²) in [5.74, 6) is -0.827. The lowest BCUT2D eigenvalue weighted by molar-refractivity contribution is -0.140. The lowest BCUT2D eigenvalue weighted by Gasteiger charge is -2.23. The number of nitrogens with one attached hydrogen (secondary N) is 1. The first-order chi connectivity index (χ1) is 4.70. The van der Waals surface area contributed by atoms with Crippen molar-refractivity contribution in [3.8, 4) is 0 Å². The van der Waals surface area contributed by atoms with Crippen molar-refractivity contribution in [1.82, 2.24) is 5.32 Å². The molecule has 0 aromatic heterocycles. The third-order valence-electron chi connectivity index (χ3n) is 1.69. The van der Waals surface area contributed by atoms with Crippen molar-refractivity contribution in [2.75, 3.05) is 6.54 Å². The van der Waals surface area contributed by atoms with E-state index in [9.17, 15) is 4.79 Å². The Morgan fingerprint density at radius 2 is 2.09 bits per heavy atom. The molecule has 11 heavy (non-hydrogen) atoms. The van der Waals surface area contributed by atoms with Gasteiger partial charge in [0.1, 0.15) is 6.04 Å². The molecule has 0 saturated carbocycles. The fourth-order valence-corrected chi connectivity index (χ4v) is 1.05. The first-order valence-corrected chi connectivity index (χ1v) is 3.34. The third kappa shape index (κ3) is 3.05. The van der Waals surface area contributed by atoms with Crippen LogP contribution in [-0.2, 0) is 4.79 Å². The molecule has 0 radical (unpaired) electrons. The number of β-amino-alcohol motifs (C(OH)–C–C–N with tert-alkyl or cyclic N) is 1. The summed E-state index contributed by atoms with van der Waals surface area (Å²) < 4.78 is 0. The Kier molecular flexibility index (Phi) is 4.40. The molecular formula is C6H12ClNO3. The molecule has 2 atom stereocenters. The third-order valence-corrected chi connectivity index (χ3v) is 1.69. The molecule has 1 heterocycles. The van der Waals surface area contributed by atoms with E-state index in [0.717, 1.165) is 0 Å². The smallest absolute Gasteiger partial charge is 0.320 e. The average molecular weight is 182 g/mol. The van der Waals surface area contributed by atoms with Gasteiger partial charge < -0.3 is 15.5 Å². The van der Waals surface area contributed by atoms with Gasteiger partial charge in [-0.25, -0.2) is 0 Å². The molecule has 1 aliphatic heterocycles. The number of rotatable bonds is 1. The van der Waals surface area contributed by atoms with Crippen LogP contribution in [0.1, 0.15) is 12.8 Å². The lowest BCUT2D eigenvalue weighted by atomic mass is 10.0. The quantitative estimate of drug-likeness (QED) is 0.515. The SMILES string of the molecule is Cl.O=C(O)[C@@H]1CC[C@@H](O)CN1. The number of carboxylic acids is 1. The Labute approximate surface area is 71.0 Å². The minimum absolute atomic E-state index is 0. The number of piperidine rings is 1. The van der Waals surface area contributed by atoms with Gasteiger partial charge in [0.2, 0.25) is 0 Å². The minimum Gasteiger partial charge on any atom is -0.480 e. The van der Waals surface area contributed by atoms with Crippen molar-refractivity contribution >= 4 is 18.4 Å². The largest absolute Gasteiger partial charge is 0.480 e. The second-order valence-electron chi connectivity index (χ2n) is 2.53. The van der Waals surface area contributed by atoms with Gasteiger partial charge in [-0.1, -0.05) is 0 Å². The molecule has 0 aromatic carbocycles. The van der Waals surface area contributed by atoms with Gasteiger partial charge in [0, 0.05) is 6.54 Å². The zero-order valence-electron chi connectivity index (χ0n) is 5.99. The molecule has 1 aliphatic rings. The highest BCUT2D eigenvalue weighted by Gasteiger charge is 2.23. The van der Waals surface area contributed by atoms with Crippen molar-refractivity contribution in [2.24, 2.45) is 0 Å². The average Bonchev–Trinajstić information content (AvgIpc) is 1.88. The lowest BCUT2D eigenvalue weighted by Crippen LogP contribution is -2.45. The summed E-state index contributed by atoms with van der Waals surface area (Å²) in [6, 6.07) is -0.455. The first kappa shape index (κ1) is 10.7. The summed E-state index contributed by atoms with van der Waals surface area (Å²) in [7, 11) is 0. The highest BCUT2D eigenvalue weighted by Crippen LogP contribution is 2.07. The molecule has 0 spiro atoms. The highest BCUT2D eigenvalue weighted by molar-refractivity contribution is 5.85. The monoisotopic (exact) mass is 181 g/mol. The van der Waals surface area contributed by atoms with Gasteiger partial charge in [-0.2, -0.15) is 0 Å². The predicted molar refractivity (Wildman–Crippen MR) is 41.9 cm³/mol. The summed E-state index contributed by atoms with van der Waals surface area (Å²) in [5, 5.41) is 20.2. The number of halogens is 1. The summed E-state index contributed by atoms with van der Waals surface area (Å²) in [4.78, 5) is 10.3. The summed E-state index contributed by atoms with van der Waals surface area (Å²) in [6.07, 6.45) is 0.746. The van der Waals surface area contributed by atoms with E-state index in [2.05, 4.69) is 5.32 Å². The highest BCUT2D eigenvalue weighted by atomic mass is 35.5. The molecule has 0 bridgehead atoms.